The Morgan fingerprint density at radius 2 is 1.65 bits per heavy atom. The zero-order valence-corrected chi connectivity index (χ0v) is 13.1. The molecule has 0 saturated carbocycles. The van der Waals surface area contributed by atoms with Crippen LogP contribution in [-0.2, 0) is 27.4 Å². The lowest BCUT2D eigenvalue weighted by Crippen LogP contribution is -2.17. The van der Waals surface area contributed by atoms with Gasteiger partial charge in [-0.25, -0.2) is 4.79 Å². The maximum atomic E-state index is 11.6. The third-order valence-corrected chi connectivity index (χ3v) is 3.24. The van der Waals surface area contributed by atoms with E-state index in [1.165, 1.54) is 14.2 Å². The van der Waals surface area contributed by atoms with Crippen LogP contribution >= 0.6 is 0 Å². The molecule has 2 aromatic rings. The number of methoxy groups -OCH3 is 2. The van der Waals surface area contributed by atoms with Gasteiger partial charge in [-0.15, -0.1) is 0 Å². The van der Waals surface area contributed by atoms with Gasteiger partial charge < -0.3 is 14.2 Å². The van der Waals surface area contributed by atoms with Gasteiger partial charge in [0, 0.05) is 6.42 Å². The summed E-state index contributed by atoms with van der Waals surface area (Å²) in [6, 6.07) is 14.9. The van der Waals surface area contributed by atoms with Crippen LogP contribution in [0.15, 0.2) is 48.5 Å². The predicted octanol–water partition coefficient (Wildman–Crippen LogP) is 2.56. The Balaban J connectivity index is 2.07. The number of benzene rings is 2. The van der Waals surface area contributed by atoms with Crippen molar-refractivity contribution in [3.8, 4) is 11.5 Å². The van der Waals surface area contributed by atoms with E-state index in [4.69, 9.17) is 9.47 Å². The van der Waals surface area contributed by atoms with Crippen molar-refractivity contribution in [2.24, 2.45) is 0 Å². The van der Waals surface area contributed by atoms with E-state index < -0.39 is 11.8 Å². The Labute approximate surface area is 134 Å². The highest BCUT2D eigenvalue weighted by molar-refractivity contribution is 6.34. The van der Waals surface area contributed by atoms with Crippen LogP contribution in [0.5, 0.6) is 11.5 Å². The van der Waals surface area contributed by atoms with Crippen LogP contribution in [-0.4, -0.2) is 26.0 Å². The SMILES string of the molecule is COC(=O)C(=O)Cc1ccc(OCc2ccccc2)c(OC)c1. The average Bonchev–Trinajstić information content (AvgIpc) is 2.60. The van der Waals surface area contributed by atoms with Crippen molar-refractivity contribution in [2.75, 3.05) is 14.2 Å². The van der Waals surface area contributed by atoms with Crippen LogP contribution in [0.1, 0.15) is 11.1 Å². The monoisotopic (exact) mass is 314 g/mol. The van der Waals surface area contributed by atoms with E-state index in [2.05, 4.69) is 4.74 Å². The summed E-state index contributed by atoms with van der Waals surface area (Å²) >= 11 is 0. The molecule has 0 radical (unpaired) electrons. The first kappa shape index (κ1) is 16.5. The van der Waals surface area contributed by atoms with Gasteiger partial charge in [0.1, 0.15) is 6.61 Å². The molecule has 0 aliphatic carbocycles. The summed E-state index contributed by atoms with van der Waals surface area (Å²) in [6.45, 7) is 0.414. The average molecular weight is 314 g/mol. The summed E-state index contributed by atoms with van der Waals surface area (Å²) < 4.78 is 15.4. The van der Waals surface area contributed by atoms with Crippen molar-refractivity contribution in [1.29, 1.82) is 0 Å². The van der Waals surface area contributed by atoms with E-state index >= 15 is 0 Å². The van der Waals surface area contributed by atoms with E-state index in [0.717, 1.165) is 5.56 Å². The van der Waals surface area contributed by atoms with Gasteiger partial charge in [0.05, 0.1) is 14.2 Å². The van der Waals surface area contributed by atoms with Crippen LogP contribution in [0.2, 0.25) is 0 Å². The van der Waals surface area contributed by atoms with Gasteiger partial charge in [-0.3, -0.25) is 4.79 Å². The van der Waals surface area contributed by atoms with Crippen molar-refractivity contribution >= 4 is 11.8 Å². The number of hydrogen-bond donors (Lipinski definition) is 0. The molecule has 0 saturated heterocycles. The van der Waals surface area contributed by atoms with E-state index in [0.29, 0.717) is 23.7 Å². The van der Waals surface area contributed by atoms with Crippen molar-refractivity contribution in [2.45, 2.75) is 13.0 Å². The zero-order valence-electron chi connectivity index (χ0n) is 13.1. The van der Waals surface area contributed by atoms with Gasteiger partial charge in [0.25, 0.3) is 0 Å². The Hall–Kier alpha value is -2.82. The van der Waals surface area contributed by atoms with E-state index in [-0.39, 0.29) is 6.42 Å². The molecule has 0 heterocycles. The third kappa shape index (κ3) is 4.57. The maximum Gasteiger partial charge on any atom is 0.374 e. The second-order valence-corrected chi connectivity index (χ2v) is 4.85. The third-order valence-electron chi connectivity index (χ3n) is 3.24. The molecule has 0 N–H and O–H groups in total. The molecular weight excluding hydrogens is 296 g/mol. The molecule has 0 bridgehead atoms. The number of ketones is 1. The molecule has 0 aromatic heterocycles. The summed E-state index contributed by atoms with van der Waals surface area (Å²) in [5.41, 5.74) is 1.70. The number of hydrogen-bond acceptors (Lipinski definition) is 5. The molecule has 0 atom stereocenters. The highest BCUT2D eigenvalue weighted by Gasteiger charge is 2.16. The van der Waals surface area contributed by atoms with Gasteiger partial charge in [-0.05, 0) is 23.3 Å². The second kappa shape index (κ2) is 7.98. The Kier molecular flexibility index (Phi) is 5.74. The molecule has 0 spiro atoms. The molecule has 0 aliphatic heterocycles. The number of esters is 1. The molecule has 2 aromatic carbocycles. The lowest BCUT2D eigenvalue weighted by atomic mass is 10.1. The molecule has 2 rings (SSSR count). The minimum Gasteiger partial charge on any atom is -0.493 e. The minimum atomic E-state index is -0.853. The van der Waals surface area contributed by atoms with Crippen LogP contribution in [0.25, 0.3) is 0 Å². The number of carbonyl (C=O) groups is 2. The lowest BCUT2D eigenvalue weighted by molar-refractivity contribution is -0.151. The Bertz CT molecular complexity index is 679. The normalized spacial score (nSPS) is 10.0. The highest BCUT2D eigenvalue weighted by Crippen LogP contribution is 2.29. The molecule has 0 amide bonds. The van der Waals surface area contributed by atoms with Crippen LogP contribution in [0, 0.1) is 0 Å². The summed E-state index contributed by atoms with van der Waals surface area (Å²) in [5.74, 6) is -0.373. The van der Waals surface area contributed by atoms with Crippen molar-refractivity contribution in [3.63, 3.8) is 0 Å². The second-order valence-electron chi connectivity index (χ2n) is 4.85. The largest absolute Gasteiger partial charge is 0.493 e. The zero-order chi connectivity index (χ0) is 16.7. The molecule has 120 valence electrons. The topological polar surface area (TPSA) is 61.8 Å². The molecule has 0 aliphatic rings. The van der Waals surface area contributed by atoms with Crippen molar-refractivity contribution < 1.29 is 23.8 Å². The highest BCUT2D eigenvalue weighted by atomic mass is 16.5. The van der Waals surface area contributed by atoms with Crippen LogP contribution in [0.3, 0.4) is 0 Å². The molecular formula is C18H18O5. The predicted molar refractivity (Wildman–Crippen MR) is 84.5 cm³/mol. The maximum absolute atomic E-state index is 11.6. The van der Waals surface area contributed by atoms with E-state index in [9.17, 15) is 9.59 Å². The van der Waals surface area contributed by atoms with Gasteiger partial charge >= 0.3 is 5.97 Å². The molecule has 5 heteroatoms. The van der Waals surface area contributed by atoms with Crippen LogP contribution < -0.4 is 9.47 Å². The van der Waals surface area contributed by atoms with Gasteiger partial charge in [0.15, 0.2) is 11.5 Å². The number of carbonyl (C=O) groups excluding carboxylic acids is 2. The quantitative estimate of drug-likeness (QED) is 0.580. The molecule has 23 heavy (non-hydrogen) atoms. The van der Waals surface area contributed by atoms with E-state index in [1.54, 1.807) is 18.2 Å². The number of rotatable bonds is 7. The van der Waals surface area contributed by atoms with Gasteiger partial charge in [-0.1, -0.05) is 36.4 Å². The summed E-state index contributed by atoms with van der Waals surface area (Å²) in [6.07, 6.45) is -0.0397. The molecule has 0 unspecified atom stereocenters. The van der Waals surface area contributed by atoms with E-state index in [1.807, 2.05) is 30.3 Å². The smallest absolute Gasteiger partial charge is 0.374 e. The van der Waals surface area contributed by atoms with Gasteiger partial charge in [0.2, 0.25) is 5.78 Å². The van der Waals surface area contributed by atoms with Crippen LogP contribution in [0.4, 0.5) is 0 Å². The standard InChI is InChI=1S/C18H18O5/c1-21-17-11-14(10-15(19)18(20)22-2)8-9-16(17)23-12-13-6-4-3-5-7-13/h3-9,11H,10,12H2,1-2H3. The molecule has 5 nitrogen and oxygen atoms in total. The number of ether oxygens (including phenoxy) is 3. The van der Waals surface area contributed by atoms with Gasteiger partial charge in [-0.2, -0.15) is 0 Å². The van der Waals surface area contributed by atoms with Crippen molar-refractivity contribution in [1.82, 2.24) is 0 Å². The lowest BCUT2D eigenvalue weighted by Gasteiger charge is -2.12. The fourth-order valence-corrected chi connectivity index (χ4v) is 2.05. The fraction of sp³-hybridized carbons (Fsp3) is 0.222. The Morgan fingerprint density at radius 1 is 0.913 bits per heavy atom. The Morgan fingerprint density at radius 3 is 2.30 bits per heavy atom. The number of Topliss-reactive ketones (excluding diaryl/α,β-unsaturated/α-hetero) is 1. The first-order valence-corrected chi connectivity index (χ1v) is 7.09. The first-order chi connectivity index (χ1) is 11.1. The molecule has 0 fully saturated rings. The fourth-order valence-electron chi connectivity index (χ4n) is 2.05. The minimum absolute atomic E-state index is 0.0397. The summed E-state index contributed by atoms with van der Waals surface area (Å²) in [7, 11) is 2.71. The van der Waals surface area contributed by atoms with Crippen molar-refractivity contribution in [3.05, 3.63) is 59.7 Å². The summed E-state index contributed by atoms with van der Waals surface area (Å²) in [5, 5.41) is 0. The summed E-state index contributed by atoms with van der Waals surface area (Å²) in [4.78, 5) is 22.8. The first-order valence-electron chi connectivity index (χ1n) is 7.09.